The van der Waals surface area contributed by atoms with E-state index in [0.29, 0.717) is 5.92 Å². The first-order valence-electron chi connectivity index (χ1n) is 5.32. The molecule has 0 N–H and O–H groups in total. The third-order valence-electron chi connectivity index (χ3n) is 2.81. The lowest BCUT2D eigenvalue weighted by molar-refractivity contribution is 0.0974. The first-order chi connectivity index (χ1) is 7.63. The predicted molar refractivity (Wildman–Crippen MR) is 60.5 cm³/mol. The Labute approximate surface area is 102 Å². The van der Waals surface area contributed by atoms with Gasteiger partial charge < -0.3 is 0 Å². The molecular weight excluding hydrogens is 280 g/mol. The van der Waals surface area contributed by atoms with Crippen molar-refractivity contribution in [3.63, 3.8) is 0 Å². The molecule has 0 spiro atoms. The second-order valence-corrected chi connectivity index (χ2v) is 5.10. The molecule has 16 heavy (non-hydrogen) atoms. The molecule has 0 radical (unpaired) electrons. The SMILES string of the molecule is FC(F)CN1CCC(Cn2cc(Br)cn2)C1. The van der Waals surface area contributed by atoms with Crippen molar-refractivity contribution >= 4 is 15.9 Å². The summed E-state index contributed by atoms with van der Waals surface area (Å²) in [6.45, 7) is 2.24. The van der Waals surface area contributed by atoms with Crippen LogP contribution in [-0.4, -0.2) is 40.7 Å². The van der Waals surface area contributed by atoms with Crippen molar-refractivity contribution in [2.75, 3.05) is 19.6 Å². The first kappa shape index (κ1) is 12.0. The minimum atomic E-state index is -2.22. The fourth-order valence-electron chi connectivity index (χ4n) is 2.13. The maximum atomic E-state index is 12.2. The fraction of sp³-hybridized carbons (Fsp3) is 0.700. The third kappa shape index (κ3) is 3.25. The van der Waals surface area contributed by atoms with E-state index < -0.39 is 6.43 Å². The Morgan fingerprint density at radius 3 is 3.00 bits per heavy atom. The number of likely N-dealkylation sites (tertiary alicyclic amines) is 1. The minimum Gasteiger partial charge on any atom is -0.297 e. The van der Waals surface area contributed by atoms with Gasteiger partial charge in [-0.05, 0) is 34.8 Å². The molecule has 1 fully saturated rings. The van der Waals surface area contributed by atoms with E-state index in [1.807, 2.05) is 15.8 Å². The van der Waals surface area contributed by atoms with Crippen molar-refractivity contribution in [2.24, 2.45) is 5.92 Å². The van der Waals surface area contributed by atoms with E-state index in [1.54, 1.807) is 6.20 Å². The summed E-state index contributed by atoms with van der Waals surface area (Å²) in [7, 11) is 0. The van der Waals surface area contributed by atoms with Gasteiger partial charge in [0.2, 0.25) is 0 Å². The van der Waals surface area contributed by atoms with Gasteiger partial charge in [-0.1, -0.05) is 0 Å². The van der Waals surface area contributed by atoms with Crippen LogP contribution in [-0.2, 0) is 6.54 Å². The van der Waals surface area contributed by atoms with Crippen molar-refractivity contribution < 1.29 is 8.78 Å². The summed E-state index contributed by atoms with van der Waals surface area (Å²) >= 11 is 3.33. The summed E-state index contributed by atoms with van der Waals surface area (Å²) in [5, 5.41) is 4.17. The predicted octanol–water partition coefficient (Wildman–Crippen LogP) is 2.23. The van der Waals surface area contributed by atoms with Crippen LogP contribution in [0.15, 0.2) is 16.9 Å². The Balaban J connectivity index is 1.80. The topological polar surface area (TPSA) is 21.1 Å². The average molecular weight is 294 g/mol. The van der Waals surface area contributed by atoms with Crippen LogP contribution in [0.25, 0.3) is 0 Å². The van der Waals surface area contributed by atoms with Crippen LogP contribution in [0, 0.1) is 5.92 Å². The van der Waals surface area contributed by atoms with Crippen LogP contribution >= 0.6 is 15.9 Å². The molecule has 1 saturated heterocycles. The second kappa shape index (κ2) is 5.23. The average Bonchev–Trinajstić information content (AvgIpc) is 2.76. The smallest absolute Gasteiger partial charge is 0.251 e. The summed E-state index contributed by atoms with van der Waals surface area (Å²) in [4.78, 5) is 1.83. The zero-order valence-corrected chi connectivity index (χ0v) is 10.4. The highest BCUT2D eigenvalue weighted by atomic mass is 79.9. The number of nitrogens with zero attached hydrogens (tertiary/aromatic N) is 3. The van der Waals surface area contributed by atoms with E-state index in [2.05, 4.69) is 21.0 Å². The van der Waals surface area contributed by atoms with E-state index >= 15 is 0 Å². The second-order valence-electron chi connectivity index (χ2n) is 4.19. The molecule has 0 aliphatic carbocycles. The van der Waals surface area contributed by atoms with Crippen LogP contribution in [0.5, 0.6) is 0 Å². The van der Waals surface area contributed by atoms with Gasteiger partial charge in [-0.25, -0.2) is 8.78 Å². The van der Waals surface area contributed by atoms with E-state index in [-0.39, 0.29) is 6.54 Å². The Hall–Kier alpha value is -0.490. The quantitative estimate of drug-likeness (QED) is 0.849. The van der Waals surface area contributed by atoms with Crippen molar-refractivity contribution in [3.8, 4) is 0 Å². The van der Waals surface area contributed by atoms with Crippen molar-refractivity contribution in [2.45, 2.75) is 19.4 Å². The lowest BCUT2D eigenvalue weighted by atomic mass is 10.1. The number of hydrogen-bond donors (Lipinski definition) is 0. The Morgan fingerprint density at radius 2 is 2.38 bits per heavy atom. The minimum absolute atomic E-state index is 0.0979. The Bertz CT molecular complexity index is 343. The highest BCUT2D eigenvalue weighted by molar-refractivity contribution is 9.10. The molecule has 2 heterocycles. The third-order valence-corrected chi connectivity index (χ3v) is 3.22. The van der Waals surface area contributed by atoms with E-state index in [1.165, 1.54) is 0 Å². The van der Waals surface area contributed by atoms with Gasteiger partial charge in [0, 0.05) is 19.3 Å². The van der Waals surface area contributed by atoms with Crippen molar-refractivity contribution in [3.05, 3.63) is 16.9 Å². The standard InChI is InChI=1S/C10H14BrF2N3/c11-9-3-14-16(6-9)5-8-1-2-15(4-8)7-10(12)13/h3,6,8,10H,1-2,4-5,7H2. The molecule has 1 aliphatic heterocycles. The molecule has 0 bridgehead atoms. The van der Waals surface area contributed by atoms with Gasteiger partial charge in [-0.15, -0.1) is 0 Å². The largest absolute Gasteiger partial charge is 0.297 e. The van der Waals surface area contributed by atoms with Crippen molar-refractivity contribution in [1.29, 1.82) is 0 Å². The van der Waals surface area contributed by atoms with E-state index in [0.717, 1.165) is 30.5 Å². The number of hydrogen-bond acceptors (Lipinski definition) is 2. The highest BCUT2D eigenvalue weighted by Crippen LogP contribution is 2.19. The maximum absolute atomic E-state index is 12.2. The molecule has 6 heteroatoms. The van der Waals surface area contributed by atoms with Gasteiger partial charge in [0.15, 0.2) is 0 Å². The van der Waals surface area contributed by atoms with Crippen LogP contribution in [0.4, 0.5) is 8.78 Å². The van der Waals surface area contributed by atoms with Gasteiger partial charge in [0.05, 0.1) is 17.2 Å². The Morgan fingerprint density at radius 1 is 1.56 bits per heavy atom. The molecule has 0 amide bonds. The monoisotopic (exact) mass is 293 g/mol. The molecular formula is C10H14BrF2N3. The molecule has 90 valence electrons. The lowest BCUT2D eigenvalue weighted by Crippen LogP contribution is -2.27. The number of rotatable bonds is 4. The summed E-state index contributed by atoms with van der Waals surface area (Å²) in [5.74, 6) is 0.436. The highest BCUT2D eigenvalue weighted by Gasteiger charge is 2.24. The maximum Gasteiger partial charge on any atom is 0.251 e. The van der Waals surface area contributed by atoms with Gasteiger partial charge in [-0.3, -0.25) is 9.58 Å². The summed E-state index contributed by atoms with van der Waals surface area (Å²) in [5.41, 5.74) is 0. The number of aromatic nitrogens is 2. The zero-order valence-electron chi connectivity index (χ0n) is 8.82. The molecule has 0 aromatic carbocycles. The molecule has 1 unspecified atom stereocenters. The van der Waals surface area contributed by atoms with Gasteiger partial charge in [0.25, 0.3) is 6.43 Å². The van der Waals surface area contributed by atoms with Crippen molar-refractivity contribution in [1.82, 2.24) is 14.7 Å². The fourth-order valence-corrected chi connectivity index (χ4v) is 2.45. The van der Waals surface area contributed by atoms with Crippen LogP contribution in [0.1, 0.15) is 6.42 Å². The van der Waals surface area contributed by atoms with E-state index in [4.69, 9.17) is 0 Å². The molecule has 0 saturated carbocycles. The first-order valence-corrected chi connectivity index (χ1v) is 6.11. The molecule has 1 aromatic heterocycles. The summed E-state index contributed by atoms with van der Waals surface area (Å²) in [6.07, 6.45) is 2.41. The molecule has 1 aliphatic rings. The van der Waals surface area contributed by atoms with E-state index in [9.17, 15) is 8.78 Å². The lowest BCUT2D eigenvalue weighted by Gasteiger charge is -2.15. The zero-order chi connectivity index (χ0) is 11.5. The number of halogens is 3. The summed E-state index contributed by atoms with van der Waals surface area (Å²) in [6, 6.07) is 0. The van der Waals surface area contributed by atoms with Gasteiger partial charge >= 0.3 is 0 Å². The summed E-state index contributed by atoms with van der Waals surface area (Å²) < 4.78 is 27.2. The molecule has 3 nitrogen and oxygen atoms in total. The van der Waals surface area contributed by atoms with Crippen LogP contribution in [0.3, 0.4) is 0 Å². The van der Waals surface area contributed by atoms with Gasteiger partial charge in [-0.2, -0.15) is 5.10 Å². The normalized spacial score (nSPS) is 22.1. The number of alkyl halides is 2. The Kier molecular flexibility index (Phi) is 3.91. The van der Waals surface area contributed by atoms with Crippen LogP contribution < -0.4 is 0 Å². The van der Waals surface area contributed by atoms with Crippen LogP contribution in [0.2, 0.25) is 0 Å². The molecule has 1 atom stereocenters. The molecule has 1 aromatic rings. The van der Waals surface area contributed by atoms with Gasteiger partial charge in [0.1, 0.15) is 0 Å². The molecule has 2 rings (SSSR count).